The molecule has 0 aliphatic heterocycles. The van der Waals surface area contributed by atoms with Crippen LogP contribution in [0.25, 0.3) is 10.9 Å². The Bertz CT molecular complexity index is 1420. The first-order chi connectivity index (χ1) is 15.6. The highest BCUT2D eigenvalue weighted by Gasteiger charge is 2.29. The van der Waals surface area contributed by atoms with E-state index in [4.69, 9.17) is 11.6 Å². The highest BCUT2D eigenvalue weighted by Crippen LogP contribution is 2.31. The number of carbonyl (C=O) groups excluding carboxylic acids is 1. The van der Waals surface area contributed by atoms with Crippen LogP contribution in [0.5, 0.6) is 0 Å². The van der Waals surface area contributed by atoms with Crippen molar-refractivity contribution in [3.05, 3.63) is 54.6 Å². The van der Waals surface area contributed by atoms with Gasteiger partial charge in [-0.2, -0.15) is 0 Å². The van der Waals surface area contributed by atoms with Gasteiger partial charge in [-0.1, -0.05) is 43.7 Å². The summed E-state index contributed by atoms with van der Waals surface area (Å²) in [6.07, 6.45) is 8.06. The maximum atomic E-state index is 13.4. The number of benzene rings is 1. The summed E-state index contributed by atoms with van der Waals surface area (Å²) < 4.78 is 25.2. The first-order valence-electron chi connectivity index (χ1n) is 10.7. The largest absolute Gasteiger partial charge is 0.329 e. The molecule has 2 aromatic heterocycles. The average Bonchev–Trinajstić information content (AvgIpc) is 3.17. The third-order valence-electron chi connectivity index (χ3n) is 6.14. The van der Waals surface area contributed by atoms with Crippen molar-refractivity contribution in [3.8, 4) is 0 Å². The Hall–Kier alpha value is -2.30. The molecule has 1 unspecified atom stereocenters. The van der Waals surface area contributed by atoms with Gasteiger partial charge in [0.1, 0.15) is 15.4 Å². The number of aromatic nitrogens is 3. The molecule has 1 aliphatic carbocycles. The molecular formula is C22H24ClN3O5S2. The molecule has 1 N–H and O–H groups in total. The molecule has 176 valence electrons. The number of fused-ring (bicyclic) bond motifs is 1. The van der Waals surface area contributed by atoms with E-state index in [0.717, 1.165) is 42.9 Å². The van der Waals surface area contributed by atoms with Crippen molar-refractivity contribution in [2.24, 2.45) is 5.92 Å². The van der Waals surface area contributed by atoms with E-state index in [1.54, 1.807) is 0 Å². The van der Waals surface area contributed by atoms with Crippen LogP contribution in [0.2, 0.25) is 4.34 Å². The number of hydrogen-bond donors (Lipinski definition) is 1. The van der Waals surface area contributed by atoms with Gasteiger partial charge in [-0.15, -0.1) is 11.3 Å². The van der Waals surface area contributed by atoms with Gasteiger partial charge in [0, 0.05) is 6.26 Å². The fourth-order valence-corrected chi connectivity index (χ4v) is 6.09. The predicted molar refractivity (Wildman–Crippen MR) is 128 cm³/mol. The van der Waals surface area contributed by atoms with E-state index in [2.05, 4.69) is 9.97 Å². The van der Waals surface area contributed by atoms with Crippen LogP contribution < -0.4 is 11.2 Å². The van der Waals surface area contributed by atoms with Gasteiger partial charge in [-0.3, -0.25) is 9.59 Å². The quantitative estimate of drug-likeness (QED) is 0.520. The third kappa shape index (κ3) is 5.28. The van der Waals surface area contributed by atoms with E-state index >= 15 is 0 Å². The van der Waals surface area contributed by atoms with Crippen molar-refractivity contribution in [1.82, 2.24) is 14.5 Å². The molecule has 1 aromatic carbocycles. The van der Waals surface area contributed by atoms with Gasteiger partial charge in [0.15, 0.2) is 15.6 Å². The van der Waals surface area contributed by atoms with Crippen LogP contribution in [0.4, 0.5) is 0 Å². The minimum absolute atomic E-state index is 0.00159. The lowest BCUT2D eigenvalue weighted by atomic mass is 9.83. The maximum absolute atomic E-state index is 13.4. The lowest BCUT2D eigenvalue weighted by molar-refractivity contribution is -0.122. The molecule has 1 saturated carbocycles. The zero-order valence-electron chi connectivity index (χ0n) is 18.0. The topological polar surface area (TPSA) is 119 Å². The van der Waals surface area contributed by atoms with Crippen molar-refractivity contribution in [2.45, 2.75) is 55.9 Å². The summed E-state index contributed by atoms with van der Waals surface area (Å²) in [6.45, 7) is 0. The first-order valence-corrected chi connectivity index (χ1v) is 13.8. The van der Waals surface area contributed by atoms with Crippen molar-refractivity contribution >= 4 is 49.5 Å². The molecule has 33 heavy (non-hydrogen) atoms. The Balaban J connectivity index is 1.79. The molecule has 2 heterocycles. The number of thiazole rings is 1. The Labute approximate surface area is 199 Å². The Morgan fingerprint density at radius 1 is 1.27 bits per heavy atom. The number of hydrogen-bond acceptors (Lipinski definition) is 7. The van der Waals surface area contributed by atoms with Crippen LogP contribution in [0.15, 0.2) is 38.9 Å². The fourth-order valence-electron chi connectivity index (χ4n) is 4.48. The molecule has 3 aromatic rings. The summed E-state index contributed by atoms with van der Waals surface area (Å²) >= 11 is 7.14. The van der Waals surface area contributed by atoms with Gasteiger partial charge in [-0.05, 0) is 30.5 Å². The smallest absolute Gasteiger partial charge is 0.307 e. The number of halogens is 1. The summed E-state index contributed by atoms with van der Waals surface area (Å²) in [6, 6.07) is 3.04. The number of carbonyl (C=O) groups is 1. The number of sulfone groups is 1. The summed E-state index contributed by atoms with van der Waals surface area (Å²) in [5.41, 5.74) is -1.22. The molecule has 0 bridgehead atoms. The summed E-state index contributed by atoms with van der Waals surface area (Å²) in [5.74, 6) is -0.0338. The number of nitrogens with one attached hydrogen (secondary N) is 1. The molecule has 1 atom stereocenters. The van der Waals surface area contributed by atoms with Gasteiger partial charge in [-0.25, -0.2) is 22.8 Å². The van der Waals surface area contributed by atoms with Crippen molar-refractivity contribution in [1.29, 1.82) is 0 Å². The minimum Gasteiger partial charge on any atom is -0.307 e. The van der Waals surface area contributed by atoms with E-state index < -0.39 is 27.1 Å². The molecule has 0 radical (unpaired) electrons. The van der Waals surface area contributed by atoms with Crippen LogP contribution in [0.1, 0.15) is 49.6 Å². The molecule has 4 rings (SSSR count). The van der Waals surface area contributed by atoms with Crippen LogP contribution >= 0.6 is 22.9 Å². The average molecular weight is 510 g/mol. The molecule has 1 aliphatic rings. The van der Waals surface area contributed by atoms with Gasteiger partial charge in [0.05, 0.1) is 28.4 Å². The van der Waals surface area contributed by atoms with E-state index in [1.165, 1.54) is 35.7 Å². The van der Waals surface area contributed by atoms with Crippen LogP contribution in [0, 0.1) is 5.92 Å². The number of Topliss-reactive ketones (excluding diaryl/α,β-unsaturated/α-hetero) is 1. The molecule has 1 fully saturated rings. The standard InChI is InChI=1S/C22H24ClN3O5S2/c1-33(30,31)14-7-8-15-16(10-14)25-22(29)26(21(15)28)17(9-13-5-3-2-4-6-13)18(27)11-20-24-12-19(23)32-20/h7-8,10,12-13,17H,2-6,9,11H2,1H3,(H,25,29). The van der Waals surface area contributed by atoms with Crippen molar-refractivity contribution in [2.75, 3.05) is 6.26 Å². The Kier molecular flexibility index (Phi) is 6.88. The highest BCUT2D eigenvalue weighted by molar-refractivity contribution is 7.90. The van der Waals surface area contributed by atoms with Crippen LogP contribution in [-0.4, -0.2) is 35.0 Å². The molecule has 0 saturated heterocycles. The van der Waals surface area contributed by atoms with Gasteiger partial charge in [0.25, 0.3) is 5.56 Å². The molecule has 11 heteroatoms. The Morgan fingerprint density at radius 2 is 2.00 bits per heavy atom. The van der Waals surface area contributed by atoms with Crippen LogP contribution in [0.3, 0.4) is 0 Å². The molecule has 0 amide bonds. The Morgan fingerprint density at radius 3 is 2.64 bits per heavy atom. The van der Waals surface area contributed by atoms with E-state index in [1.807, 2.05) is 0 Å². The number of rotatable bonds is 7. The maximum Gasteiger partial charge on any atom is 0.329 e. The first kappa shape index (κ1) is 23.8. The normalized spacial score (nSPS) is 16.2. The SMILES string of the molecule is CS(=O)(=O)c1ccc2c(=O)n(C(CC3CCCCC3)C(=O)Cc3ncc(Cl)s3)c(=O)[nH]c2c1. The zero-order chi connectivity index (χ0) is 23.8. The van der Waals surface area contributed by atoms with Crippen LogP contribution in [-0.2, 0) is 21.1 Å². The van der Waals surface area contributed by atoms with Gasteiger partial charge in [0.2, 0.25) is 0 Å². The molecule has 0 spiro atoms. The van der Waals surface area contributed by atoms with E-state index in [9.17, 15) is 22.8 Å². The highest BCUT2D eigenvalue weighted by atomic mass is 35.5. The summed E-state index contributed by atoms with van der Waals surface area (Å²) in [7, 11) is -3.51. The lowest BCUT2D eigenvalue weighted by Crippen LogP contribution is -2.42. The third-order valence-corrected chi connectivity index (χ3v) is 8.37. The second kappa shape index (κ2) is 9.52. The number of H-pyrrole nitrogens is 1. The fraction of sp³-hybridized carbons (Fsp3) is 0.455. The summed E-state index contributed by atoms with van der Waals surface area (Å²) in [4.78, 5) is 46.5. The minimum atomic E-state index is -3.51. The van der Waals surface area contributed by atoms with Gasteiger partial charge < -0.3 is 4.98 Å². The second-order valence-corrected chi connectivity index (χ2v) is 12.3. The summed E-state index contributed by atoms with van der Waals surface area (Å²) in [5, 5.41) is 0.683. The van der Waals surface area contributed by atoms with Gasteiger partial charge >= 0.3 is 5.69 Å². The van der Waals surface area contributed by atoms with E-state index in [0.29, 0.717) is 15.8 Å². The number of aromatic amines is 1. The lowest BCUT2D eigenvalue weighted by Gasteiger charge is -2.26. The monoisotopic (exact) mass is 509 g/mol. The molecular weight excluding hydrogens is 486 g/mol. The predicted octanol–water partition coefficient (Wildman–Crippen LogP) is 3.53. The van der Waals surface area contributed by atoms with Crippen molar-refractivity contribution < 1.29 is 13.2 Å². The number of nitrogens with zero attached hydrogens (tertiary/aromatic N) is 2. The molecule has 8 nitrogen and oxygen atoms in total. The second-order valence-electron chi connectivity index (χ2n) is 8.54. The number of ketones is 1. The van der Waals surface area contributed by atoms with Crippen molar-refractivity contribution in [3.63, 3.8) is 0 Å². The zero-order valence-corrected chi connectivity index (χ0v) is 20.4. The van der Waals surface area contributed by atoms with E-state index in [-0.39, 0.29) is 33.9 Å².